The van der Waals surface area contributed by atoms with E-state index in [2.05, 4.69) is 5.32 Å². The fraction of sp³-hybridized carbons (Fsp3) is 0.417. The van der Waals surface area contributed by atoms with Gasteiger partial charge in [-0.3, -0.25) is 10.1 Å². The molecule has 1 amide bonds. The Labute approximate surface area is 105 Å². The van der Waals surface area contributed by atoms with Gasteiger partial charge in [0.25, 0.3) is 5.69 Å². The number of benzene rings is 1. The lowest BCUT2D eigenvalue weighted by Crippen LogP contribution is -2.42. The van der Waals surface area contributed by atoms with Crippen LogP contribution in [-0.4, -0.2) is 16.6 Å². The minimum atomic E-state index is -0.633. The van der Waals surface area contributed by atoms with Gasteiger partial charge in [-0.2, -0.15) is 0 Å². The molecule has 1 aromatic carbocycles. The van der Waals surface area contributed by atoms with Gasteiger partial charge in [0.2, 0.25) is 0 Å². The Morgan fingerprint density at radius 1 is 1.39 bits per heavy atom. The molecule has 0 aromatic heterocycles. The molecule has 0 atom stereocenters. The third-order valence-corrected chi connectivity index (χ3v) is 2.13. The van der Waals surface area contributed by atoms with E-state index in [0.717, 1.165) is 0 Å². The van der Waals surface area contributed by atoms with Gasteiger partial charge < -0.3 is 10.1 Å². The molecule has 0 heterocycles. The number of hydrogen-bond acceptors (Lipinski definition) is 4. The van der Waals surface area contributed by atoms with Crippen molar-refractivity contribution in [1.29, 1.82) is 0 Å². The molecule has 0 unspecified atom stereocenters. The van der Waals surface area contributed by atoms with Crippen LogP contribution in [0.25, 0.3) is 0 Å². The van der Waals surface area contributed by atoms with Crippen molar-refractivity contribution in [2.24, 2.45) is 0 Å². The molecule has 0 saturated heterocycles. The lowest BCUT2D eigenvalue weighted by Gasteiger charge is -2.20. The van der Waals surface area contributed by atoms with Crippen LogP contribution in [0.1, 0.15) is 26.3 Å². The van der Waals surface area contributed by atoms with Gasteiger partial charge >= 0.3 is 6.09 Å². The molecule has 98 valence electrons. The van der Waals surface area contributed by atoms with Crippen molar-refractivity contribution in [2.75, 3.05) is 0 Å². The van der Waals surface area contributed by atoms with Gasteiger partial charge in [0.15, 0.2) is 0 Å². The van der Waals surface area contributed by atoms with Gasteiger partial charge in [0.05, 0.1) is 10.5 Å². The molecule has 18 heavy (non-hydrogen) atoms. The molecule has 0 saturated carbocycles. The van der Waals surface area contributed by atoms with E-state index in [1.165, 1.54) is 25.1 Å². The van der Waals surface area contributed by atoms with Crippen molar-refractivity contribution in [3.05, 3.63) is 33.9 Å². The lowest BCUT2D eigenvalue weighted by molar-refractivity contribution is -0.385. The summed E-state index contributed by atoms with van der Waals surface area (Å²) in [5.74, 6) is 0.186. The summed E-state index contributed by atoms with van der Waals surface area (Å²) in [6.45, 7) is 6.98. The smallest absolute Gasteiger partial charge is 0.410 e. The van der Waals surface area contributed by atoms with E-state index in [-0.39, 0.29) is 11.4 Å². The predicted octanol–water partition coefficient (Wildman–Crippen LogP) is 2.79. The lowest BCUT2D eigenvalue weighted by atomic mass is 10.1. The van der Waals surface area contributed by atoms with Gasteiger partial charge in [-0.1, -0.05) is 6.07 Å². The number of nitro benzene ring substituents is 1. The van der Waals surface area contributed by atoms with Gasteiger partial charge in [0, 0.05) is 11.6 Å². The molecule has 0 aliphatic carbocycles. The fourth-order valence-electron chi connectivity index (χ4n) is 1.34. The first kappa shape index (κ1) is 14.0. The van der Waals surface area contributed by atoms with Crippen molar-refractivity contribution in [2.45, 2.75) is 33.2 Å². The largest absolute Gasteiger partial charge is 0.413 e. The van der Waals surface area contributed by atoms with Gasteiger partial charge in [-0.05, 0) is 33.8 Å². The van der Waals surface area contributed by atoms with E-state index < -0.39 is 16.6 Å². The quantitative estimate of drug-likeness (QED) is 0.648. The summed E-state index contributed by atoms with van der Waals surface area (Å²) < 4.78 is 5.06. The van der Waals surface area contributed by atoms with Gasteiger partial charge in [-0.25, -0.2) is 4.79 Å². The summed E-state index contributed by atoms with van der Waals surface area (Å²) in [5, 5.41) is 13.4. The van der Waals surface area contributed by atoms with E-state index in [1.807, 2.05) is 20.8 Å². The second-order valence-electron chi connectivity index (χ2n) is 4.92. The Bertz CT molecular complexity index is 477. The fourth-order valence-corrected chi connectivity index (χ4v) is 1.34. The highest BCUT2D eigenvalue weighted by Gasteiger charge is 2.19. The molecule has 6 heteroatoms. The van der Waals surface area contributed by atoms with Crippen molar-refractivity contribution in [1.82, 2.24) is 5.32 Å². The van der Waals surface area contributed by atoms with E-state index in [9.17, 15) is 14.9 Å². The molecule has 0 aliphatic rings. The topological polar surface area (TPSA) is 81.5 Å². The summed E-state index contributed by atoms with van der Waals surface area (Å²) in [6, 6.07) is 4.36. The second kappa shape index (κ2) is 5.03. The third kappa shape index (κ3) is 3.73. The van der Waals surface area contributed by atoms with Crippen molar-refractivity contribution in [3.63, 3.8) is 0 Å². The molecular formula is C12H16N2O4. The highest BCUT2D eigenvalue weighted by molar-refractivity contribution is 5.72. The Kier molecular flexibility index (Phi) is 3.90. The first-order valence-electron chi connectivity index (χ1n) is 5.45. The number of carbonyl (C=O) groups is 1. The van der Waals surface area contributed by atoms with Crippen LogP contribution in [0.3, 0.4) is 0 Å². The average molecular weight is 252 g/mol. The number of nitrogens with zero attached hydrogens (tertiary/aromatic N) is 1. The number of rotatable bonds is 2. The zero-order valence-electron chi connectivity index (χ0n) is 10.8. The van der Waals surface area contributed by atoms with Crippen LogP contribution in [0.4, 0.5) is 10.5 Å². The summed E-state index contributed by atoms with van der Waals surface area (Å²) in [6.07, 6.45) is -0.633. The van der Waals surface area contributed by atoms with Crippen LogP contribution in [0.15, 0.2) is 18.2 Å². The Balaban J connectivity index is 2.89. The monoisotopic (exact) mass is 252 g/mol. The summed E-state index contributed by atoms with van der Waals surface area (Å²) in [7, 11) is 0. The Morgan fingerprint density at radius 2 is 2.00 bits per heavy atom. The summed E-state index contributed by atoms with van der Waals surface area (Å²) >= 11 is 0. The van der Waals surface area contributed by atoms with Crippen molar-refractivity contribution >= 4 is 11.8 Å². The normalized spacial score (nSPS) is 10.9. The number of carbonyl (C=O) groups excluding carboxylic acids is 1. The first-order valence-corrected chi connectivity index (χ1v) is 5.45. The summed E-state index contributed by atoms with van der Waals surface area (Å²) in [5.41, 5.74) is -0.172. The molecule has 0 radical (unpaired) electrons. The van der Waals surface area contributed by atoms with E-state index in [1.54, 1.807) is 0 Å². The predicted molar refractivity (Wildman–Crippen MR) is 66.7 cm³/mol. The minimum Gasteiger partial charge on any atom is -0.410 e. The standard InChI is InChI=1S/C12H16N2O4/c1-8-9(14(16)17)6-5-7-10(8)18-11(15)13-12(2,3)4/h5-7H,1-4H3,(H,13,15). The minimum absolute atomic E-state index is 0.0731. The maximum absolute atomic E-state index is 11.6. The maximum Gasteiger partial charge on any atom is 0.413 e. The number of ether oxygens (including phenoxy) is 1. The molecule has 0 fully saturated rings. The molecule has 6 nitrogen and oxygen atoms in total. The maximum atomic E-state index is 11.6. The SMILES string of the molecule is Cc1c(OC(=O)NC(C)(C)C)cccc1[N+](=O)[O-]. The highest BCUT2D eigenvalue weighted by atomic mass is 16.6. The zero-order valence-corrected chi connectivity index (χ0v) is 10.8. The van der Waals surface area contributed by atoms with E-state index in [0.29, 0.717) is 5.56 Å². The van der Waals surface area contributed by atoms with Gasteiger partial charge in [-0.15, -0.1) is 0 Å². The van der Waals surface area contributed by atoms with Crippen molar-refractivity contribution < 1.29 is 14.5 Å². The molecule has 0 spiro atoms. The van der Waals surface area contributed by atoms with Crippen LogP contribution in [-0.2, 0) is 0 Å². The number of amides is 1. The van der Waals surface area contributed by atoms with E-state index in [4.69, 9.17) is 4.74 Å². The average Bonchev–Trinajstić information content (AvgIpc) is 2.17. The molecule has 1 rings (SSSR count). The molecular weight excluding hydrogens is 236 g/mol. The van der Waals surface area contributed by atoms with Crippen LogP contribution in [0.5, 0.6) is 5.75 Å². The third-order valence-electron chi connectivity index (χ3n) is 2.13. The Hall–Kier alpha value is -2.11. The summed E-state index contributed by atoms with van der Waals surface area (Å²) in [4.78, 5) is 21.8. The van der Waals surface area contributed by atoms with Crippen molar-refractivity contribution in [3.8, 4) is 5.75 Å². The second-order valence-corrected chi connectivity index (χ2v) is 4.92. The van der Waals surface area contributed by atoms with E-state index >= 15 is 0 Å². The highest BCUT2D eigenvalue weighted by Crippen LogP contribution is 2.27. The molecule has 1 aromatic rings. The van der Waals surface area contributed by atoms with Crippen LogP contribution in [0.2, 0.25) is 0 Å². The van der Waals surface area contributed by atoms with Crippen LogP contribution in [0, 0.1) is 17.0 Å². The number of nitrogens with one attached hydrogen (secondary N) is 1. The zero-order chi connectivity index (χ0) is 13.9. The first-order chi connectivity index (χ1) is 8.20. The van der Waals surface area contributed by atoms with Crippen LogP contribution >= 0.6 is 0 Å². The number of hydrogen-bond donors (Lipinski definition) is 1. The number of nitro groups is 1. The van der Waals surface area contributed by atoms with Crippen LogP contribution < -0.4 is 10.1 Å². The Morgan fingerprint density at radius 3 is 2.50 bits per heavy atom. The van der Waals surface area contributed by atoms with Gasteiger partial charge in [0.1, 0.15) is 5.75 Å². The molecule has 0 aliphatic heterocycles. The molecule has 1 N–H and O–H groups in total. The molecule has 0 bridgehead atoms.